The molecule has 1 N–H and O–H groups in total. The topological polar surface area (TPSA) is 46.5 Å². The van der Waals surface area contributed by atoms with Gasteiger partial charge in [-0.1, -0.05) is 11.6 Å². The van der Waals surface area contributed by atoms with Gasteiger partial charge in [0.1, 0.15) is 18.6 Å². The third-order valence-corrected chi connectivity index (χ3v) is 5.12. The van der Waals surface area contributed by atoms with Gasteiger partial charge in [0.15, 0.2) is 0 Å². The molecule has 3 heterocycles. The summed E-state index contributed by atoms with van der Waals surface area (Å²) in [7, 11) is 0. The van der Waals surface area contributed by atoms with Gasteiger partial charge in [-0.05, 0) is 31.4 Å². The van der Waals surface area contributed by atoms with Gasteiger partial charge < -0.3 is 10.2 Å². The van der Waals surface area contributed by atoms with Crippen molar-refractivity contribution in [2.24, 2.45) is 0 Å². The first-order chi connectivity index (χ1) is 12.7. The van der Waals surface area contributed by atoms with Crippen molar-refractivity contribution >= 4 is 28.2 Å². The third-order valence-electron chi connectivity index (χ3n) is 4.83. The smallest absolute Gasteiger partial charge is 0.361 e. The van der Waals surface area contributed by atoms with Crippen molar-refractivity contribution in [1.82, 2.24) is 9.58 Å². The maximum Gasteiger partial charge on any atom is 0.406 e. The van der Waals surface area contributed by atoms with E-state index in [4.69, 9.17) is 16.3 Å². The zero-order chi connectivity index (χ0) is 19.3. The van der Waals surface area contributed by atoms with Crippen molar-refractivity contribution < 1.29 is 22.3 Å². The van der Waals surface area contributed by atoms with Crippen LogP contribution in [0.15, 0.2) is 16.9 Å². The summed E-state index contributed by atoms with van der Waals surface area (Å²) in [4.78, 5) is 12.8. The zero-order valence-electron chi connectivity index (χ0n) is 14.1. The monoisotopic (exact) mass is 405 g/mol. The molecule has 1 aromatic carbocycles. The molecule has 10 heteroatoms. The van der Waals surface area contributed by atoms with Crippen LogP contribution in [-0.4, -0.2) is 28.6 Å². The number of hydrogen-bond acceptors (Lipinski definition) is 4. The molecule has 0 aliphatic carbocycles. The van der Waals surface area contributed by atoms with Gasteiger partial charge in [0.25, 0.3) is 5.56 Å². The van der Waals surface area contributed by atoms with E-state index in [1.54, 1.807) is 5.01 Å². The first-order valence-electron chi connectivity index (χ1n) is 8.50. The Bertz CT molecular complexity index is 954. The second-order valence-electron chi connectivity index (χ2n) is 6.70. The summed E-state index contributed by atoms with van der Waals surface area (Å²) in [5.41, 5.74) is 2.64. The van der Waals surface area contributed by atoms with Crippen molar-refractivity contribution in [2.45, 2.75) is 44.8 Å². The lowest BCUT2D eigenvalue weighted by molar-refractivity contribution is -0.140. The number of nitrogens with zero attached hydrogens (tertiary/aromatic N) is 2. The van der Waals surface area contributed by atoms with Crippen LogP contribution < -0.4 is 11.0 Å². The number of benzene rings is 1. The molecule has 2 aromatic rings. The lowest BCUT2D eigenvalue weighted by atomic mass is 10.1. The molecule has 2 aliphatic heterocycles. The number of halogens is 5. The first kappa shape index (κ1) is 18.5. The fourth-order valence-corrected chi connectivity index (χ4v) is 3.77. The second-order valence-corrected chi connectivity index (χ2v) is 7.11. The van der Waals surface area contributed by atoms with Gasteiger partial charge in [-0.25, -0.2) is 4.39 Å². The average Bonchev–Trinajstić information content (AvgIpc) is 3.06. The van der Waals surface area contributed by atoms with Gasteiger partial charge in [-0.2, -0.15) is 18.2 Å². The van der Waals surface area contributed by atoms with E-state index in [0.29, 0.717) is 16.9 Å². The number of aromatic nitrogens is 1. The van der Waals surface area contributed by atoms with Gasteiger partial charge in [0, 0.05) is 12.0 Å². The number of pyridine rings is 1. The van der Waals surface area contributed by atoms with Crippen LogP contribution in [0, 0.1) is 5.82 Å². The van der Waals surface area contributed by atoms with Crippen LogP contribution >= 0.6 is 11.6 Å². The van der Waals surface area contributed by atoms with E-state index in [-0.39, 0.29) is 34.3 Å². The lowest BCUT2D eigenvalue weighted by Gasteiger charge is -2.30. The fraction of sp³-hybridized carbons (Fsp3) is 0.471. The minimum atomic E-state index is -4.61. The number of rotatable bonds is 2. The van der Waals surface area contributed by atoms with Crippen molar-refractivity contribution in [3.63, 3.8) is 0 Å². The van der Waals surface area contributed by atoms with Crippen LogP contribution in [0.2, 0.25) is 5.02 Å². The Kier molecular flexibility index (Phi) is 4.56. The third kappa shape index (κ3) is 3.39. The van der Waals surface area contributed by atoms with Crippen molar-refractivity contribution in [2.75, 3.05) is 12.0 Å². The molecule has 5 nitrogen and oxygen atoms in total. The Morgan fingerprint density at radius 2 is 2.07 bits per heavy atom. The number of hydrazine groups is 1. The summed E-state index contributed by atoms with van der Waals surface area (Å²) in [6.07, 6.45) is -2.29. The standard InChI is InChI=1S/C17H16ClF4N3O2/c18-11-6-13-9(5-12(11)19)15-10(16(26)24(13)8-17(20,21)22)7-25(23-15)14-3-1-2-4-27-14/h5-6,14,23H,1-4,7-8H2. The Morgan fingerprint density at radius 3 is 2.74 bits per heavy atom. The van der Waals surface area contributed by atoms with E-state index in [9.17, 15) is 22.4 Å². The lowest BCUT2D eigenvalue weighted by Crippen LogP contribution is -2.40. The maximum atomic E-state index is 14.0. The van der Waals surface area contributed by atoms with Crippen molar-refractivity contribution in [3.8, 4) is 0 Å². The number of anilines is 1. The summed E-state index contributed by atoms with van der Waals surface area (Å²) in [5, 5.41) is 1.51. The van der Waals surface area contributed by atoms with Crippen molar-refractivity contribution in [1.29, 1.82) is 0 Å². The molecule has 2 aliphatic rings. The Balaban J connectivity index is 1.86. The number of alkyl halides is 3. The van der Waals surface area contributed by atoms with E-state index < -0.39 is 24.1 Å². The molecule has 1 saturated heterocycles. The number of hydrogen-bond donors (Lipinski definition) is 1. The molecule has 0 spiro atoms. The van der Waals surface area contributed by atoms with Crippen LogP contribution in [0.5, 0.6) is 0 Å². The summed E-state index contributed by atoms with van der Waals surface area (Å²) in [6.45, 7) is -0.823. The molecule has 1 atom stereocenters. The van der Waals surface area contributed by atoms with Crippen molar-refractivity contribution in [3.05, 3.63) is 38.9 Å². The van der Waals surface area contributed by atoms with Gasteiger partial charge in [0.05, 0.1) is 28.3 Å². The summed E-state index contributed by atoms with van der Waals surface area (Å²) >= 11 is 5.76. The number of nitrogens with one attached hydrogen (secondary N) is 1. The largest absolute Gasteiger partial charge is 0.406 e. The molecule has 146 valence electrons. The van der Waals surface area contributed by atoms with Gasteiger partial charge in [-0.3, -0.25) is 9.36 Å². The van der Waals surface area contributed by atoms with Crippen LogP contribution in [0.25, 0.3) is 10.9 Å². The molecule has 1 unspecified atom stereocenters. The van der Waals surface area contributed by atoms with Crippen LogP contribution in [0.4, 0.5) is 23.2 Å². The molecular weight excluding hydrogens is 390 g/mol. The minimum absolute atomic E-state index is 0.0682. The zero-order valence-corrected chi connectivity index (χ0v) is 14.8. The predicted octanol–water partition coefficient (Wildman–Crippen LogP) is 4.03. The fourth-order valence-electron chi connectivity index (χ4n) is 3.61. The molecule has 27 heavy (non-hydrogen) atoms. The Morgan fingerprint density at radius 1 is 1.30 bits per heavy atom. The Labute approximate surface area is 156 Å². The molecule has 0 amide bonds. The quantitative estimate of drug-likeness (QED) is 0.766. The molecule has 0 bridgehead atoms. The molecule has 0 saturated carbocycles. The highest BCUT2D eigenvalue weighted by atomic mass is 35.5. The second kappa shape index (κ2) is 6.65. The first-order valence-corrected chi connectivity index (χ1v) is 8.88. The van der Waals surface area contributed by atoms with E-state index >= 15 is 0 Å². The van der Waals surface area contributed by atoms with Gasteiger partial charge >= 0.3 is 6.18 Å². The average molecular weight is 406 g/mol. The highest BCUT2D eigenvalue weighted by molar-refractivity contribution is 6.31. The van der Waals surface area contributed by atoms with E-state index in [2.05, 4.69) is 5.43 Å². The van der Waals surface area contributed by atoms with Crippen LogP contribution in [0.1, 0.15) is 24.8 Å². The molecular formula is C17H16ClF4N3O2. The molecule has 1 aromatic heterocycles. The highest BCUT2D eigenvalue weighted by Gasteiger charge is 2.35. The van der Waals surface area contributed by atoms with Crippen LogP contribution in [0.3, 0.4) is 0 Å². The van der Waals surface area contributed by atoms with E-state index in [0.717, 1.165) is 31.4 Å². The molecule has 1 fully saturated rings. The SMILES string of the molecule is O=c1c2c(c3cc(F)c(Cl)cc3n1CC(F)(F)F)NN(C1CCCCO1)C2. The predicted molar refractivity (Wildman–Crippen MR) is 92.0 cm³/mol. The number of fused-ring (bicyclic) bond motifs is 3. The summed E-state index contributed by atoms with van der Waals surface area (Å²) in [5.74, 6) is -0.766. The Hall–Kier alpha value is -1.84. The molecule has 4 rings (SSSR count). The van der Waals surface area contributed by atoms with Crippen LogP contribution in [-0.2, 0) is 17.8 Å². The normalized spacial score (nSPS) is 20.7. The summed E-state index contributed by atoms with van der Waals surface area (Å²) < 4.78 is 59.4. The summed E-state index contributed by atoms with van der Waals surface area (Å²) in [6, 6.07) is 2.11. The highest BCUT2D eigenvalue weighted by Crippen LogP contribution is 2.36. The number of ether oxygens (including phenoxy) is 1. The van der Waals surface area contributed by atoms with Gasteiger partial charge in [0.2, 0.25) is 0 Å². The van der Waals surface area contributed by atoms with E-state index in [1.807, 2.05) is 0 Å². The maximum absolute atomic E-state index is 14.0. The van der Waals surface area contributed by atoms with Gasteiger partial charge in [-0.15, -0.1) is 0 Å². The molecule has 0 radical (unpaired) electrons. The van der Waals surface area contributed by atoms with E-state index in [1.165, 1.54) is 0 Å². The minimum Gasteiger partial charge on any atom is -0.361 e.